The molecule has 0 aliphatic rings. The number of carbonyl (C=O) groups excluding carboxylic acids is 1. The molecular formula is C19H17FN2O3. The summed E-state index contributed by atoms with van der Waals surface area (Å²) in [6.07, 6.45) is 1.39. The van der Waals surface area contributed by atoms with Crippen LogP contribution in [0.25, 0.3) is 0 Å². The molecule has 0 aliphatic heterocycles. The van der Waals surface area contributed by atoms with E-state index in [0.717, 1.165) is 5.56 Å². The number of carbonyl (C=O) groups is 1. The Morgan fingerprint density at radius 3 is 2.56 bits per heavy atom. The van der Waals surface area contributed by atoms with E-state index in [2.05, 4.69) is 0 Å². The lowest BCUT2D eigenvalue weighted by molar-refractivity contribution is 0.0971. The topological polar surface area (TPSA) is 68.7 Å². The van der Waals surface area contributed by atoms with E-state index in [1.807, 2.05) is 0 Å². The molecule has 2 N–H and O–H groups in total. The van der Waals surface area contributed by atoms with E-state index in [1.54, 1.807) is 37.3 Å². The highest BCUT2D eigenvalue weighted by Gasteiger charge is 2.27. The average molecular weight is 340 g/mol. The van der Waals surface area contributed by atoms with Crippen molar-refractivity contribution < 1.29 is 18.3 Å². The molecule has 0 aliphatic carbocycles. The second-order valence-corrected chi connectivity index (χ2v) is 5.45. The first-order valence-electron chi connectivity index (χ1n) is 7.59. The minimum absolute atomic E-state index is 0.0831. The van der Waals surface area contributed by atoms with Crippen molar-refractivity contribution in [3.8, 4) is 5.75 Å². The summed E-state index contributed by atoms with van der Waals surface area (Å²) in [5.41, 5.74) is 7.65. The fourth-order valence-corrected chi connectivity index (χ4v) is 2.52. The Morgan fingerprint density at radius 1 is 1.16 bits per heavy atom. The molecule has 25 heavy (non-hydrogen) atoms. The molecule has 0 bridgehead atoms. The number of para-hydroxylation sites is 1. The molecule has 128 valence electrons. The number of methoxy groups -OCH3 is 1. The number of nitrogens with zero attached hydrogens (tertiary/aromatic N) is 1. The second-order valence-electron chi connectivity index (χ2n) is 5.45. The van der Waals surface area contributed by atoms with Crippen molar-refractivity contribution in [1.82, 2.24) is 0 Å². The molecular weight excluding hydrogens is 323 g/mol. The van der Waals surface area contributed by atoms with Gasteiger partial charge in [-0.15, -0.1) is 0 Å². The largest absolute Gasteiger partial charge is 0.494 e. The number of benzene rings is 2. The summed E-state index contributed by atoms with van der Waals surface area (Å²) in [5, 5.41) is 0. The molecule has 6 heteroatoms. The molecule has 0 atom stereocenters. The van der Waals surface area contributed by atoms with Crippen LogP contribution < -0.4 is 15.4 Å². The Bertz CT molecular complexity index is 907. The van der Waals surface area contributed by atoms with Gasteiger partial charge in [0.2, 0.25) is 0 Å². The lowest BCUT2D eigenvalue weighted by Crippen LogP contribution is -2.27. The molecule has 5 nitrogen and oxygen atoms in total. The summed E-state index contributed by atoms with van der Waals surface area (Å²) in [6, 6.07) is 12.4. The lowest BCUT2D eigenvalue weighted by atomic mass is 10.1. The van der Waals surface area contributed by atoms with Gasteiger partial charge in [0.15, 0.2) is 5.76 Å². The van der Waals surface area contributed by atoms with Gasteiger partial charge in [0.1, 0.15) is 11.6 Å². The van der Waals surface area contributed by atoms with Gasteiger partial charge < -0.3 is 14.9 Å². The van der Waals surface area contributed by atoms with Crippen LogP contribution in [0.5, 0.6) is 5.75 Å². The highest BCUT2D eigenvalue weighted by molar-refractivity contribution is 6.10. The van der Waals surface area contributed by atoms with Crippen LogP contribution in [0.2, 0.25) is 0 Å². The Labute approximate surface area is 144 Å². The van der Waals surface area contributed by atoms with E-state index in [0.29, 0.717) is 17.1 Å². The van der Waals surface area contributed by atoms with Crippen LogP contribution >= 0.6 is 0 Å². The van der Waals surface area contributed by atoms with Gasteiger partial charge in [-0.3, -0.25) is 9.69 Å². The Balaban J connectivity index is 2.24. The van der Waals surface area contributed by atoms with Crippen LogP contribution in [0.1, 0.15) is 16.1 Å². The van der Waals surface area contributed by atoms with Crippen molar-refractivity contribution in [2.75, 3.05) is 17.7 Å². The predicted octanol–water partition coefficient (Wildman–Crippen LogP) is 4.30. The Kier molecular flexibility index (Phi) is 4.43. The second kappa shape index (κ2) is 6.68. The average Bonchev–Trinajstić information content (AvgIpc) is 3.14. The molecule has 1 aromatic heterocycles. The number of halogens is 1. The first-order valence-corrected chi connectivity index (χ1v) is 7.59. The fourth-order valence-electron chi connectivity index (χ4n) is 2.52. The molecule has 0 spiro atoms. The van der Waals surface area contributed by atoms with Crippen LogP contribution in [0.4, 0.5) is 21.5 Å². The first-order chi connectivity index (χ1) is 12.0. The van der Waals surface area contributed by atoms with Gasteiger partial charge in [-0.1, -0.05) is 12.1 Å². The number of anilines is 3. The minimum Gasteiger partial charge on any atom is -0.494 e. The number of ether oxygens (including phenoxy) is 1. The smallest absolute Gasteiger partial charge is 0.298 e. The van der Waals surface area contributed by atoms with Crippen molar-refractivity contribution in [1.29, 1.82) is 0 Å². The number of nitrogen functional groups attached to an aromatic ring is 1. The number of furan rings is 1. The molecule has 0 saturated carbocycles. The molecule has 1 heterocycles. The number of amides is 1. The summed E-state index contributed by atoms with van der Waals surface area (Å²) in [6.45, 7) is 1.80. The third kappa shape index (κ3) is 3.06. The number of aryl methyl sites for hydroxylation is 1. The van der Waals surface area contributed by atoms with E-state index in [9.17, 15) is 9.18 Å². The maximum atomic E-state index is 14.5. The van der Waals surface area contributed by atoms with Crippen molar-refractivity contribution in [3.05, 3.63) is 71.9 Å². The maximum absolute atomic E-state index is 14.5. The van der Waals surface area contributed by atoms with Gasteiger partial charge in [0.05, 0.1) is 24.7 Å². The number of nitrogens with two attached hydrogens (primary N) is 1. The van der Waals surface area contributed by atoms with E-state index >= 15 is 0 Å². The van der Waals surface area contributed by atoms with Crippen LogP contribution in [0, 0.1) is 12.7 Å². The number of hydrogen-bond acceptors (Lipinski definition) is 4. The third-order valence-corrected chi connectivity index (χ3v) is 3.84. The molecule has 1 amide bonds. The summed E-state index contributed by atoms with van der Waals surface area (Å²) in [5.74, 6) is -0.623. The highest BCUT2D eigenvalue weighted by atomic mass is 19.1. The van der Waals surface area contributed by atoms with Crippen LogP contribution in [-0.2, 0) is 0 Å². The molecule has 0 fully saturated rings. The van der Waals surface area contributed by atoms with Gasteiger partial charge in [-0.25, -0.2) is 4.39 Å². The van der Waals surface area contributed by atoms with E-state index in [-0.39, 0.29) is 11.4 Å². The molecule has 3 aromatic rings. The van der Waals surface area contributed by atoms with E-state index in [1.165, 1.54) is 36.5 Å². The predicted molar refractivity (Wildman–Crippen MR) is 93.7 cm³/mol. The van der Waals surface area contributed by atoms with E-state index in [4.69, 9.17) is 14.9 Å². The molecule has 0 unspecified atom stereocenters. The maximum Gasteiger partial charge on any atom is 0.298 e. The van der Waals surface area contributed by atoms with Crippen LogP contribution in [0.3, 0.4) is 0 Å². The van der Waals surface area contributed by atoms with Gasteiger partial charge in [-0.05, 0) is 42.8 Å². The zero-order chi connectivity index (χ0) is 18.0. The van der Waals surface area contributed by atoms with Gasteiger partial charge in [0.25, 0.3) is 5.91 Å². The zero-order valence-corrected chi connectivity index (χ0v) is 13.8. The molecule has 0 saturated heterocycles. The standard InChI is InChI=1S/C19H17FN2O3/c1-12-10-16(18(24-2)11-14(12)21)22(15-7-4-3-6-13(15)20)19(23)17-8-5-9-25-17/h3-11H,21H2,1-2H3. The van der Waals surface area contributed by atoms with Crippen molar-refractivity contribution in [2.45, 2.75) is 6.92 Å². The highest BCUT2D eigenvalue weighted by Crippen LogP contribution is 2.38. The number of hydrogen-bond donors (Lipinski definition) is 1. The normalized spacial score (nSPS) is 10.5. The van der Waals surface area contributed by atoms with Crippen LogP contribution in [-0.4, -0.2) is 13.0 Å². The van der Waals surface area contributed by atoms with Crippen molar-refractivity contribution >= 4 is 23.0 Å². The van der Waals surface area contributed by atoms with Crippen molar-refractivity contribution in [3.63, 3.8) is 0 Å². The third-order valence-electron chi connectivity index (χ3n) is 3.84. The lowest BCUT2D eigenvalue weighted by Gasteiger charge is -2.25. The van der Waals surface area contributed by atoms with Crippen LogP contribution in [0.15, 0.2) is 59.2 Å². The van der Waals surface area contributed by atoms with Gasteiger partial charge in [0, 0.05) is 11.8 Å². The summed E-state index contributed by atoms with van der Waals surface area (Å²) in [4.78, 5) is 14.2. The molecule has 2 aromatic carbocycles. The Hall–Kier alpha value is -3.28. The quantitative estimate of drug-likeness (QED) is 0.719. The fraction of sp³-hybridized carbons (Fsp3) is 0.105. The van der Waals surface area contributed by atoms with Gasteiger partial charge in [-0.2, -0.15) is 0 Å². The summed E-state index contributed by atoms with van der Waals surface area (Å²) in [7, 11) is 1.46. The minimum atomic E-state index is -0.543. The molecule has 0 radical (unpaired) electrons. The SMILES string of the molecule is COc1cc(N)c(C)cc1N(C(=O)c1ccco1)c1ccccc1F. The summed E-state index contributed by atoms with van der Waals surface area (Å²) >= 11 is 0. The van der Waals surface area contributed by atoms with Gasteiger partial charge >= 0.3 is 0 Å². The molecule has 3 rings (SSSR count). The monoisotopic (exact) mass is 340 g/mol. The first kappa shape index (κ1) is 16.6. The number of rotatable bonds is 4. The van der Waals surface area contributed by atoms with E-state index < -0.39 is 11.7 Å². The van der Waals surface area contributed by atoms with Crippen molar-refractivity contribution in [2.24, 2.45) is 0 Å². The Morgan fingerprint density at radius 2 is 1.92 bits per heavy atom. The zero-order valence-electron chi connectivity index (χ0n) is 13.8. The summed E-state index contributed by atoms with van der Waals surface area (Å²) < 4.78 is 25.0.